The van der Waals surface area contributed by atoms with Crippen LogP contribution in [0.1, 0.15) is 42.5 Å². The Kier molecular flexibility index (Phi) is 6.45. The molecule has 2 aromatic carbocycles. The van der Waals surface area contributed by atoms with Crippen molar-refractivity contribution in [1.29, 1.82) is 0 Å². The second-order valence-corrected chi connectivity index (χ2v) is 8.66. The number of piperidine rings is 1. The summed E-state index contributed by atoms with van der Waals surface area (Å²) < 4.78 is 17.7. The summed E-state index contributed by atoms with van der Waals surface area (Å²) in [5.74, 6) is 2.10. The van der Waals surface area contributed by atoms with Crippen molar-refractivity contribution in [2.75, 3.05) is 27.3 Å². The summed E-state index contributed by atoms with van der Waals surface area (Å²) in [4.78, 5) is 2.63. The second-order valence-electron chi connectivity index (χ2n) is 8.66. The minimum atomic E-state index is 0.210. The predicted molar refractivity (Wildman–Crippen MR) is 120 cm³/mol. The molecule has 0 bridgehead atoms. The van der Waals surface area contributed by atoms with Gasteiger partial charge in [-0.3, -0.25) is 4.90 Å². The molecule has 0 spiro atoms. The molecule has 0 unspecified atom stereocenters. The molecule has 160 valence electrons. The first-order valence-corrected chi connectivity index (χ1v) is 10.9. The largest absolute Gasteiger partial charge is 0.493 e. The lowest BCUT2D eigenvalue weighted by atomic mass is 9.79. The normalized spacial score (nSPS) is 23.4. The third kappa shape index (κ3) is 4.40. The van der Waals surface area contributed by atoms with Crippen molar-refractivity contribution in [2.45, 2.75) is 44.9 Å². The van der Waals surface area contributed by atoms with E-state index in [0.29, 0.717) is 18.6 Å². The van der Waals surface area contributed by atoms with E-state index < -0.39 is 0 Å². The number of ether oxygens (including phenoxy) is 3. The van der Waals surface area contributed by atoms with Gasteiger partial charge in [0.25, 0.3) is 0 Å². The maximum Gasteiger partial charge on any atom is 0.161 e. The Morgan fingerprint density at radius 1 is 1.10 bits per heavy atom. The maximum absolute atomic E-state index is 6.52. The van der Waals surface area contributed by atoms with E-state index in [0.717, 1.165) is 43.9 Å². The van der Waals surface area contributed by atoms with Crippen LogP contribution in [0.15, 0.2) is 54.6 Å². The van der Waals surface area contributed by atoms with Gasteiger partial charge in [0.15, 0.2) is 11.5 Å². The number of allylic oxidation sites excluding steroid dienone is 1. The fourth-order valence-corrected chi connectivity index (χ4v) is 5.03. The summed E-state index contributed by atoms with van der Waals surface area (Å²) in [6.07, 6.45) is 3.26. The van der Waals surface area contributed by atoms with Crippen LogP contribution in [0.4, 0.5) is 0 Å². The van der Waals surface area contributed by atoms with Crippen LogP contribution in [-0.4, -0.2) is 38.3 Å². The molecule has 4 nitrogen and oxygen atoms in total. The summed E-state index contributed by atoms with van der Waals surface area (Å²) in [7, 11) is 3.41. The number of methoxy groups -OCH3 is 2. The molecular weight excluding hydrogens is 374 g/mol. The zero-order chi connectivity index (χ0) is 21.1. The first kappa shape index (κ1) is 21.0. The van der Waals surface area contributed by atoms with Gasteiger partial charge in [-0.25, -0.2) is 0 Å². The van der Waals surface area contributed by atoms with Gasteiger partial charge in [-0.2, -0.15) is 0 Å². The van der Waals surface area contributed by atoms with Crippen molar-refractivity contribution in [1.82, 2.24) is 4.90 Å². The topological polar surface area (TPSA) is 30.9 Å². The number of rotatable bonds is 7. The number of hydrogen-bond donors (Lipinski definition) is 0. The molecule has 4 heteroatoms. The Bertz CT molecular complexity index is 879. The van der Waals surface area contributed by atoms with Gasteiger partial charge in [0, 0.05) is 25.0 Å². The van der Waals surface area contributed by atoms with E-state index >= 15 is 0 Å². The third-order valence-corrected chi connectivity index (χ3v) is 6.48. The SMILES string of the molecule is C=C(C)C[C@H]1CN2CCc3cc(OC)c(OC)cc3[C@@H]2C[C@H]1OCc1ccccc1. The zero-order valence-electron chi connectivity index (χ0n) is 18.4. The molecule has 0 aromatic heterocycles. The molecule has 2 aliphatic heterocycles. The highest BCUT2D eigenvalue weighted by Crippen LogP contribution is 2.44. The van der Waals surface area contributed by atoms with Crippen LogP contribution < -0.4 is 9.47 Å². The van der Waals surface area contributed by atoms with Gasteiger partial charge >= 0.3 is 0 Å². The van der Waals surface area contributed by atoms with Crippen LogP contribution in [0.2, 0.25) is 0 Å². The molecular formula is C26H33NO3. The van der Waals surface area contributed by atoms with Crippen LogP contribution in [-0.2, 0) is 17.8 Å². The maximum atomic E-state index is 6.52. The van der Waals surface area contributed by atoms with Gasteiger partial charge < -0.3 is 14.2 Å². The van der Waals surface area contributed by atoms with E-state index in [9.17, 15) is 0 Å². The number of hydrogen-bond acceptors (Lipinski definition) is 4. The Labute approximate surface area is 180 Å². The van der Waals surface area contributed by atoms with Gasteiger partial charge in [-0.15, -0.1) is 6.58 Å². The van der Waals surface area contributed by atoms with E-state index in [1.54, 1.807) is 14.2 Å². The van der Waals surface area contributed by atoms with Gasteiger partial charge in [-0.1, -0.05) is 35.9 Å². The monoisotopic (exact) mass is 407 g/mol. The average molecular weight is 408 g/mol. The van der Waals surface area contributed by atoms with E-state index in [1.807, 2.05) is 6.07 Å². The molecule has 0 saturated carbocycles. The standard InChI is InChI=1S/C26H33NO3/c1-18(2)12-21-16-27-11-10-20-13-25(28-3)26(29-4)14-22(20)23(27)15-24(21)30-17-19-8-6-5-7-9-19/h5-9,13-14,21,23-24H,1,10-12,15-17H2,2-4H3/t21-,23-,24+/m0/s1. The molecule has 0 amide bonds. The second kappa shape index (κ2) is 9.23. The fraction of sp³-hybridized carbons (Fsp3) is 0.462. The van der Waals surface area contributed by atoms with Crippen LogP contribution in [0.5, 0.6) is 11.5 Å². The molecule has 2 aliphatic rings. The molecule has 1 saturated heterocycles. The minimum absolute atomic E-state index is 0.210. The highest BCUT2D eigenvalue weighted by molar-refractivity contribution is 5.49. The Hall–Kier alpha value is -2.30. The van der Waals surface area contributed by atoms with Crippen LogP contribution in [0.25, 0.3) is 0 Å². The third-order valence-electron chi connectivity index (χ3n) is 6.48. The molecule has 4 rings (SSSR count). The first-order chi connectivity index (χ1) is 14.6. The number of nitrogens with zero attached hydrogens (tertiary/aromatic N) is 1. The number of fused-ring (bicyclic) bond motifs is 3. The zero-order valence-corrected chi connectivity index (χ0v) is 18.4. The molecule has 30 heavy (non-hydrogen) atoms. The summed E-state index contributed by atoms with van der Waals surface area (Å²) >= 11 is 0. The summed E-state index contributed by atoms with van der Waals surface area (Å²) in [6.45, 7) is 9.08. The molecule has 0 aliphatic carbocycles. The molecule has 2 heterocycles. The van der Waals surface area contributed by atoms with Crippen LogP contribution in [0, 0.1) is 5.92 Å². The molecule has 0 radical (unpaired) electrons. The fourth-order valence-electron chi connectivity index (χ4n) is 5.03. The quantitative estimate of drug-likeness (QED) is 0.592. The lowest BCUT2D eigenvalue weighted by Crippen LogP contribution is -2.48. The molecule has 2 aromatic rings. The molecule has 1 fully saturated rings. The smallest absolute Gasteiger partial charge is 0.161 e. The summed E-state index contributed by atoms with van der Waals surface area (Å²) in [6, 6.07) is 15.2. The summed E-state index contributed by atoms with van der Waals surface area (Å²) in [5, 5.41) is 0. The van der Waals surface area contributed by atoms with E-state index in [4.69, 9.17) is 14.2 Å². The molecule has 3 atom stereocenters. The van der Waals surface area contributed by atoms with Gasteiger partial charge in [-0.05, 0) is 55.0 Å². The van der Waals surface area contributed by atoms with E-state index in [-0.39, 0.29) is 6.10 Å². The van der Waals surface area contributed by atoms with Crippen molar-refractivity contribution in [3.05, 3.63) is 71.3 Å². The van der Waals surface area contributed by atoms with Gasteiger partial charge in [0.2, 0.25) is 0 Å². The van der Waals surface area contributed by atoms with Crippen LogP contribution in [0.3, 0.4) is 0 Å². The minimum Gasteiger partial charge on any atom is -0.493 e. The average Bonchev–Trinajstić information content (AvgIpc) is 2.76. The lowest BCUT2D eigenvalue weighted by Gasteiger charge is -2.47. The Morgan fingerprint density at radius 3 is 2.53 bits per heavy atom. The van der Waals surface area contributed by atoms with Crippen molar-refractivity contribution in [3.63, 3.8) is 0 Å². The Morgan fingerprint density at radius 2 is 1.83 bits per heavy atom. The van der Waals surface area contributed by atoms with Crippen molar-refractivity contribution < 1.29 is 14.2 Å². The van der Waals surface area contributed by atoms with Gasteiger partial charge in [0.05, 0.1) is 26.9 Å². The van der Waals surface area contributed by atoms with Crippen molar-refractivity contribution >= 4 is 0 Å². The van der Waals surface area contributed by atoms with Crippen LogP contribution >= 0.6 is 0 Å². The highest BCUT2D eigenvalue weighted by Gasteiger charge is 2.39. The van der Waals surface area contributed by atoms with Crippen molar-refractivity contribution in [3.8, 4) is 11.5 Å². The van der Waals surface area contributed by atoms with E-state index in [2.05, 4.69) is 54.8 Å². The lowest BCUT2D eigenvalue weighted by molar-refractivity contribution is -0.0656. The Balaban J connectivity index is 1.58. The predicted octanol–water partition coefficient (Wildman–Crippen LogP) is 5.17. The summed E-state index contributed by atoms with van der Waals surface area (Å²) in [5.41, 5.74) is 5.19. The van der Waals surface area contributed by atoms with E-state index in [1.165, 1.54) is 22.3 Å². The van der Waals surface area contributed by atoms with Gasteiger partial charge in [0.1, 0.15) is 0 Å². The van der Waals surface area contributed by atoms with Crippen molar-refractivity contribution in [2.24, 2.45) is 5.92 Å². The first-order valence-electron chi connectivity index (χ1n) is 10.9. The highest BCUT2D eigenvalue weighted by atomic mass is 16.5. The number of benzene rings is 2. The molecule has 0 N–H and O–H groups in total.